The smallest absolute Gasteiger partial charge is 0.128 e. The largest absolute Gasteiger partial charge is 0.321 e. The maximum absolute atomic E-state index is 6.07. The predicted octanol–water partition coefficient (Wildman–Crippen LogP) is 3.77. The van der Waals surface area contributed by atoms with Gasteiger partial charge in [0, 0.05) is 13.1 Å². The Balaban J connectivity index is 1.45. The SMILES string of the molecule is CC(NCc1ncc(Cl)n1C)C12CC3CC(CC(C3)C1)C2. The summed E-state index contributed by atoms with van der Waals surface area (Å²) in [5, 5.41) is 4.49. The highest BCUT2D eigenvalue weighted by atomic mass is 35.5. The van der Waals surface area contributed by atoms with Crippen molar-refractivity contribution in [3.05, 3.63) is 17.2 Å². The lowest BCUT2D eigenvalue weighted by atomic mass is 9.48. The summed E-state index contributed by atoms with van der Waals surface area (Å²) in [6, 6.07) is 0.585. The Morgan fingerprint density at radius 2 is 1.86 bits per heavy atom. The van der Waals surface area contributed by atoms with Crippen molar-refractivity contribution in [1.82, 2.24) is 14.9 Å². The van der Waals surface area contributed by atoms with Crippen LogP contribution >= 0.6 is 11.6 Å². The Bertz CT molecular complexity index is 501. The molecule has 0 saturated heterocycles. The molecule has 4 aliphatic carbocycles. The molecule has 0 aromatic carbocycles. The molecule has 4 saturated carbocycles. The molecule has 1 heterocycles. The standard InChI is InChI=1S/C17H26ClN3/c1-11(19-10-16-20-9-15(18)21(16)2)17-6-12-3-13(7-17)5-14(4-12)8-17/h9,11-14,19H,3-8,10H2,1-2H3. The van der Waals surface area contributed by atoms with Crippen molar-refractivity contribution in [1.29, 1.82) is 0 Å². The molecule has 116 valence electrons. The molecule has 4 aliphatic rings. The quantitative estimate of drug-likeness (QED) is 0.917. The highest BCUT2D eigenvalue weighted by Gasteiger charge is 2.52. The molecule has 3 nitrogen and oxygen atoms in total. The maximum atomic E-state index is 6.07. The van der Waals surface area contributed by atoms with Crippen LogP contribution in [0.25, 0.3) is 0 Å². The predicted molar refractivity (Wildman–Crippen MR) is 85.1 cm³/mol. The fraction of sp³-hybridized carbons (Fsp3) is 0.824. The Morgan fingerprint density at radius 1 is 1.29 bits per heavy atom. The molecule has 0 spiro atoms. The summed E-state index contributed by atoms with van der Waals surface area (Å²) in [5.74, 6) is 4.09. The van der Waals surface area contributed by atoms with Gasteiger partial charge in [0.25, 0.3) is 0 Å². The van der Waals surface area contributed by atoms with Gasteiger partial charge in [-0.3, -0.25) is 0 Å². The van der Waals surface area contributed by atoms with Gasteiger partial charge >= 0.3 is 0 Å². The monoisotopic (exact) mass is 307 g/mol. The summed E-state index contributed by atoms with van der Waals surface area (Å²) >= 11 is 6.07. The van der Waals surface area contributed by atoms with E-state index in [4.69, 9.17) is 11.6 Å². The van der Waals surface area contributed by atoms with Gasteiger partial charge in [0.15, 0.2) is 0 Å². The van der Waals surface area contributed by atoms with Crippen LogP contribution in [-0.4, -0.2) is 15.6 Å². The van der Waals surface area contributed by atoms with Crippen molar-refractivity contribution in [3.63, 3.8) is 0 Å². The lowest BCUT2D eigenvalue weighted by molar-refractivity contribution is -0.0707. The van der Waals surface area contributed by atoms with Gasteiger partial charge in [-0.15, -0.1) is 0 Å². The first-order chi connectivity index (χ1) is 10.1. The Hall–Kier alpha value is -0.540. The molecule has 1 unspecified atom stereocenters. The first-order valence-electron chi connectivity index (χ1n) is 8.45. The average molecular weight is 308 g/mol. The summed E-state index contributed by atoms with van der Waals surface area (Å²) in [6.07, 6.45) is 10.6. The fourth-order valence-corrected chi connectivity index (χ4v) is 5.90. The third kappa shape index (κ3) is 2.33. The van der Waals surface area contributed by atoms with Gasteiger partial charge in [-0.25, -0.2) is 4.98 Å². The maximum Gasteiger partial charge on any atom is 0.128 e. The highest BCUT2D eigenvalue weighted by Crippen LogP contribution is 2.61. The minimum Gasteiger partial charge on any atom is -0.321 e. The zero-order valence-corrected chi connectivity index (χ0v) is 13.9. The van der Waals surface area contributed by atoms with Gasteiger partial charge in [-0.1, -0.05) is 11.6 Å². The number of halogens is 1. The van der Waals surface area contributed by atoms with Crippen LogP contribution in [0, 0.1) is 23.2 Å². The topological polar surface area (TPSA) is 29.9 Å². The fourth-order valence-electron chi connectivity index (χ4n) is 5.76. The van der Waals surface area contributed by atoms with Crippen LogP contribution in [0.15, 0.2) is 6.20 Å². The molecule has 1 N–H and O–H groups in total. The second-order valence-corrected chi connectivity index (χ2v) is 8.33. The van der Waals surface area contributed by atoms with Crippen LogP contribution in [0.3, 0.4) is 0 Å². The first-order valence-corrected chi connectivity index (χ1v) is 8.83. The van der Waals surface area contributed by atoms with Gasteiger partial charge < -0.3 is 9.88 Å². The van der Waals surface area contributed by atoms with Crippen LogP contribution in [0.4, 0.5) is 0 Å². The highest BCUT2D eigenvalue weighted by molar-refractivity contribution is 6.29. The van der Waals surface area contributed by atoms with Crippen LogP contribution in [-0.2, 0) is 13.6 Å². The number of aromatic nitrogens is 2. The van der Waals surface area contributed by atoms with Crippen molar-refractivity contribution < 1.29 is 0 Å². The lowest BCUT2D eigenvalue weighted by Gasteiger charge is -2.59. The van der Waals surface area contributed by atoms with E-state index >= 15 is 0 Å². The number of nitrogens with zero attached hydrogens (tertiary/aromatic N) is 2. The molecular weight excluding hydrogens is 282 g/mol. The van der Waals surface area contributed by atoms with Crippen LogP contribution in [0.1, 0.15) is 51.3 Å². The van der Waals surface area contributed by atoms with E-state index in [-0.39, 0.29) is 0 Å². The van der Waals surface area contributed by atoms with Crippen molar-refractivity contribution in [3.8, 4) is 0 Å². The molecule has 21 heavy (non-hydrogen) atoms. The van der Waals surface area contributed by atoms with Crippen molar-refractivity contribution in [2.45, 2.75) is 58.0 Å². The molecule has 5 rings (SSSR count). The normalized spacial score (nSPS) is 38.9. The van der Waals surface area contributed by atoms with Crippen LogP contribution < -0.4 is 5.32 Å². The average Bonchev–Trinajstić information content (AvgIpc) is 2.75. The molecule has 4 fully saturated rings. The number of rotatable bonds is 4. The summed E-state index contributed by atoms with van der Waals surface area (Å²) < 4.78 is 1.97. The van der Waals surface area contributed by atoms with Gasteiger partial charge in [0.1, 0.15) is 11.0 Å². The second-order valence-electron chi connectivity index (χ2n) is 7.94. The van der Waals surface area contributed by atoms with Crippen molar-refractivity contribution in [2.24, 2.45) is 30.2 Å². The second kappa shape index (κ2) is 4.99. The van der Waals surface area contributed by atoms with Gasteiger partial charge in [-0.2, -0.15) is 0 Å². The number of imidazole rings is 1. The molecule has 0 amide bonds. The van der Waals surface area contributed by atoms with E-state index in [9.17, 15) is 0 Å². The van der Waals surface area contributed by atoms with Crippen molar-refractivity contribution in [2.75, 3.05) is 0 Å². The third-order valence-corrected chi connectivity index (χ3v) is 6.95. The summed E-state index contributed by atoms with van der Waals surface area (Å²) in [7, 11) is 1.99. The molecule has 0 radical (unpaired) electrons. The molecule has 0 aliphatic heterocycles. The van der Waals surface area contributed by atoms with Gasteiger partial charge in [0.2, 0.25) is 0 Å². The van der Waals surface area contributed by atoms with Crippen LogP contribution in [0.5, 0.6) is 0 Å². The van der Waals surface area contributed by atoms with E-state index in [1.165, 1.54) is 38.5 Å². The first kappa shape index (κ1) is 14.1. The molecule has 4 heteroatoms. The number of nitrogens with one attached hydrogen (secondary N) is 1. The Labute approximate surface area is 132 Å². The molecule has 1 aromatic heterocycles. The molecule has 1 atom stereocenters. The van der Waals surface area contributed by atoms with E-state index in [1.54, 1.807) is 6.20 Å². The number of hydrogen-bond donors (Lipinski definition) is 1. The van der Waals surface area contributed by atoms with E-state index in [0.717, 1.165) is 30.1 Å². The van der Waals surface area contributed by atoms with E-state index in [2.05, 4.69) is 17.2 Å². The zero-order valence-electron chi connectivity index (χ0n) is 13.1. The van der Waals surface area contributed by atoms with Crippen molar-refractivity contribution >= 4 is 11.6 Å². The minimum absolute atomic E-state index is 0.559. The van der Waals surface area contributed by atoms with E-state index < -0.39 is 0 Å². The van der Waals surface area contributed by atoms with Crippen LogP contribution in [0.2, 0.25) is 5.15 Å². The summed E-state index contributed by atoms with van der Waals surface area (Å²) in [6.45, 7) is 3.23. The number of hydrogen-bond acceptors (Lipinski definition) is 2. The van der Waals surface area contributed by atoms with E-state index in [1.807, 2.05) is 11.6 Å². The minimum atomic E-state index is 0.559. The molecule has 1 aromatic rings. The van der Waals surface area contributed by atoms with Gasteiger partial charge in [0.05, 0.1) is 12.7 Å². The summed E-state index contributed by atoms with van der Waals surface area (Å²) in [5.41, 5.74) is 0.559. The molecule has 4 bridgehead atoms. The molecular formula is C17H26ClN3. The van der Waals surface area contributed by atoms with E-state index in [0.29, 0.717) is 16.6 Å². The lowest BCUT2D eigenvalue weighted by Crippen LogP contribution is -2.54. The van der Waals surface area contributed by atoms with Gasteiger partial charge in [-0.05, 0) is 68.6 Å². The Kier molecular flexibility index (Phi) is 3.34. The Morgan fingerprint density at radius 3 is 2.33 bits per heavy atom. The zero-order chi connectivity index (χ0) is 14.6. The third-order valence-electron chi connectivity index (χ3n) is 6.60. The summed E-state index contributed by atoms with van der Waals surface area (Å²) in [4.78, 5) is 4.40.